The molecule has 0 bridgehead atoms. The lowest BCUT2D eigenvalue weighted by atomic mass is 10.5. The van der Waals surface area contributed by atoms with Gasteiger partial charge in [-0.1, -0.05) is 0 Å². The Morgan fingerprint density at radius 2 is 1.18 bits per heavy atom. The maximum absolute atomic E-state index is 11.8. The summed E-state index contributed by atoms with van der Waals surface area (Å²) in [5, 5.41) is -0.907. The van der Waals surface area contributed by atoms with Crippen LogP contribution in [0.25, 0.3) is 0 Å². The SMILES string of the molecule is CC(Cl)CS(CC(C)Cl)(CC(C)Cl)P(=O)(O)O. The van der Waals surface area contributed by atoms with E-state index < -0.39 is 16.4 Å². The molecular weight excluding hydrogens is 325 g/mol. The molecule has 0 saturated carbocycles. The number of halogens is 3. The van der Waals surface area contributed by atoms with E-state index in [1.165, 1.54) is 0 Å². The van der Waals surface area contributed by atoms with Crippen molar-refractivity contribution in [2.45, 2.75) is 36.9 Å². The monoisotopic (exact) mass is 344 g/mol. The molecule has 0 aliphatic rings. The standard InChI is InChI=1S/C9H20Cl3O3PS/c1-7(10)4-17(5-8(2)11,6-9(3)12)16(13,14)15/h7-9H,4-6H2,1-3H3,(H2,13,14,15). The van der Waals surface area contributed by atoms with Gasteiger partial charge < -0.3 is 9.79 Å². The predicted molar refractivity (Wildman–Crippen MR) is 80.2 cm³/mol. The van der Waals surface area contributed by atoms with Crippen molar-refractivity contribution in [2.24, 2.45) is 0 Å². The zero-order valence-electron chi connectivity index (χ0n) is 10.1. The average Bonchev–Trinajstić information content (AvgIpc) is 1.96. The molecule has 0 aromatic heterocycles. The largest absolute Gasteiger partial charge is 0.367 e. The van der Waals surface area contributed by atoms with E-state index in [0.29, 0.717) is 0 Å². The van der Waals surface area contributed by atoms with Crippen LogP contribution in [-0.2, 0) is 4.57 Å². The Hall–Kier alpha value is 1.37. The molecular formula is C9H20Cl3O3PS. The van der Waals surface area contributed by atoms with Crippen LogP contribution in [0.5, 0.6) is 0 Å². The quantitative estimate of drug-likeness (QED) is 0.545. The highest BCUT2D eigenvalue weighted by Gasteiger charge is 2.43. The van der Waals surface area contributed by atoms with Gasteiger partial charge in [0.1, 0.15) is 0 Å². The van der Waals surface area contributed by atoms with Crippen LogP contribution in [0.3, 0.4) is 0 Å². The molecule has 17 heavy (non-hydrogen) atoms. The normalized spacial score (nSPS) is 23.5. The molecule has 0 aliphatic carbocycles. The Morgan fingerprint density at radius 1 is 0.941 bits per heavy atom. The van der Waals surface area contributed by atoms with E-state index in [-0.39, 0.29) is 33.4 Å². The number of hydrogen-bond acceptors (Lipinski definition) is 1. The van der Waals surface area contributed by atoms with Crippen LogP contribution in [0.2, 0.25) is 0 Å². The van der Waals surface area contributed by atoms with Crippen molar-refractivity contribution in [3.05, 3.63) is 0 Å². The molecule has 0 aromatic rings. The molecule has 0 saturated heterocycles. The third-order valence-corrected chi connectivity index (χ3v) is 11.9. The van der Waals surface area contributed by atoms with E-state index in [2.05, 4.69) is 0 Å². The Morgan fingerprint density at radius 3 is 1.29 bits per heavy atom. The summed E-state index contributed by atoms with van der Waals surface area (Å²) in [7, 11) is -2.24. The average molecular weight is 346 g/mol. The first-order valence-electron chi connectivity index (χ1n) is 5.24. The van der Waals surface area contributed by atoms with Gasteiger partial charge in [-0.15, -0.1) is 44.5 Å². The number of rotatable bonds is 7. The molecule has 0 radical (unpaired) electrons. The third kappa shape index (κ3) is 6.38. The molecule has 2 N–H and O–H groups in total. The van der Waals surface area contributed by atoms with E-state index in [1.807, 2.05) is 0 Å². The van der Waals surface area contributed by atoms with Gasteiger partial charge >= 0.3 is 6.80 Å². The fraction of sp³-hybridized carbons (Fsp3) is 1.00. The van der Waals surface area contributed by atoms with Crippen LogP contribution in [-0.4, -0.2) is 43.2 Å². The number of hydrogen-bond donors (Lipinski definition) is 2. The topological polar surface area (TPSA) is 57.5 Å². The molecule has 0 amide bonds. The van der Waals surface area contributed by atoms with Gasteiger partial charge in [0.2, 0.25) is 0 Å². The molecule has 0 rings (SSSR count). The van der Waals surface area contributed by atoms with E-state index in [9.17, 15) is 14.4 Å². The highest BCUT2D eigenvalue weighted by atomic mass is 35.5. The van der Waals surface area contributed by atoms with Crippen molar-refractivity contribution in [3.8, 4) is 0 Å². The third-order valence-electron chi connectivity index (χ3n) is 2.12. The van der Waals surface area contributed by atoms with E-state index in [4.69, 9.17) is 34.8 Å². The molecule has 0 aliphatic heterocycles. The van der Waals surface area contributed by atoms with Crippen LogP contribution < -0.4 is 0 Å². The summed E-state index contributed by atoms with van der Waals surface area (Å²) in [6.45, 7) is 0.960. The van der Waals surface area contributed by atoms with E-state index >= 15 is 0 Å². The summed E-state index contributed by atoms with van der Waals surface area (Å²) >= 11 is 17.8. The second kappa shape index (κ2) is 7.23. The maximum atomic E-state index is 11.8. The van der Waals surface area contributed by atoms with Gasteiger partial charge in [-0.25, -0.2) is 4.57 Å². The molecule has 3 unspecified atom stereocenters. The van der Waals surface area contributed by atoms with Crippen molar-refractivity contribution in [1.82, 2.24) is 0 Å². The minimum atomic E-state index is -4.24. The van der Waals surface area contributed by atoms with Crippen molar-refractivity contribution in [3.63, 3.8) is 0 Å². The van der Waals surface area contributed by atoms with Gasteiger partial charge in [0, 0.05) is 33.4 Å². The zero-order valence-corrected chi connectivity index (χ0v) is 14.1. The summed E-state index contributed by atoms with van der Waals surface area (Å²) in [5.41, 5.74) is 0. The summed E-state index contributed by atoms with van der Waals surface area (Å²) in [6.07, 6.45) is 0. The predicted octanol–water partition coefficient (Wildman–Crippen LogP) is 3.77. The highest BCUT2D eigenvalue weighted by molar-refractivity contribution is 8.76. The Bertz CT molecular complexity index is 254. The van der Waals surface area contributed by atoms with Gasteiger partial charge in [0.05, 0.1) is 0 Å². The Labute approximate surface area is 119 Å². The van der Waals surface area contributed by atoms with Crippen LogP contribution >= 0.6 is 51.2 Å². The molecule has 8 heteroatoms. The minimum absolute atomic E-state index is 0.285. The van der Waals surface area contributed by atoms with Gasteiger partial charge in [-0.2, -0.15) is 0 Å². The van der Waals surface area contributed by atoms with Crippen molar-refractivity contribution in [2.75, 3.05) is 17.3 Å². The fourth-order valence-corrected chi connectivity index (χ4v) is 12.1. The van der Waals surface area contributed by atoms with Gasteiger partial charge in [0.25, 0.3) is 0 Å². The molecule has 0 aromatic carbocycles. The van der Waals surface area contributed by atoms with Crippen LogP contribution in [0.1, 0.15) is 20.8 Å². The molecule has 0 heterocycles. The second-order valence-corrected chi connectivity index (χ2v) is 14.3. The van der Waals surface area contributed by atoms with Gasteiger partial charge in [-0.05, 0) is 20.8 Å². The van der Waals surface area contributed by atoms with Crippen LogP contribution in [0.15, 0.2) is 0 Å². The Balaban J connectivity index is 5.28. The summed E-state index contributed by atoms with van der Waals surface area (Å²) in [5.74, 6) is 0.854. The van der Waals surface area contributed by atoms with Crippen LogP contribution in [0.4, 0.5) is 0 Å². The summed E-state index contributed by atoms with van der Waals surface area (Å²) in [6, 6.07) is 0. The van der Waals surface area contributed by atoms with Crippen LogP contribution in [0, 0.1) is 0 Å². The van der Waals surface area contributed by atoms with Crippen molar-refractivity contribution >= 4 is 51.2 Å². The maximum Gasteiger partial charge on any atom is 0.367 e. The van der Waals surface area contributed by atoms with E-state index in [1.54, 1.807) is 20.8 Å². The number of alkyl halides is 3. The first-order valence-corrected chi connectivity index (χ1v) is 10.9. The van der Waals surface area contributed by atoms with Gasteiger partial charge in [-0.3, -0.25) is 0 Å². The first-order chi connectivity index (χ1) is 7.50. The van der Waals surface area contributed by atoms with Crippen molar-refractivity contribution < 1.29 is 14.4 Å². The Kier molecular flexibility index (Phi) is 7.81. The van der Waals surface area contributed by atoms with Crippen molar-refractivity contribution in [1.29, 1.82) is 0 Å². The lowest BCUT2D eigenvalue weighted by Crippen LogP contribution is -2.25. The molecule has 0 fully saturated rings. The van der Waals surface area contributed by atoms with E-state index in [0.717, 1.165) is 0 Å². The molecule has 0 spiro atoms. The summed E-state index contributed by atoms with van der Waals surface area (Å²) < 4.78 is 11.8. The molecule has 3 atom stereocenters. The highest BCUT2D eigenvalue weighted by Crippen LogP contribution is 2.78. The van der Waals surface area contributed by atoms with Gasteiger partial charge in [0.15, 0.2) is 0 Å². The molecule has 3 nitrogen and oxygen atoms in total. The lowest BCUT2D eigenvalue weighted by molar-refractivity contribution is 0.395. The smallest absolute Gasteiger partial charge is 0.318 e. The molecule has 106 valence electrons. The lowest BCUT2D eigenvalue weighted by Gasteiger charge is -2.42. The summed E-state index contributed by atoms with van der Waals surface area (Å²) in [4.78, 5) is 19.3. The minimum Gasteiger partial charge on any atom is -0.318 e. The first kappa shape index (κ1) is 18.4. The second-order valence-electron chi connectivity index (χ2n) is 4.33. The zero-order chi connectivity index (χ0) is 13.9. The fourth-order valence-electron chi connectivity index (χ4n) is 1.78.